The van der Waals surface area contributed by atoms with Gasteiger partial charge in [-0.2, -0.15) is 5.10 Å². The topological polar surface area (TPSA) is 80.0 Å². The monoisotopic (exact) mass is 316 g/mol. The van der Waals surface area contributed by atoms with Gasteiger partial charge in [-0.3, -0.25) is 4.79 Å². The number of aliphatic hydroxyl groups is 1. The zero-order chi connectivity index (χ0) is 16.0. The Morgan fingerprint density at radius 1 is 1.48 bits per heavy atom. The number of carbonyl (C=O) groups excluding carboxylic acids is 1. The number of hydrogen-bond donors (Lipinski definition) is 1. The molecule has 3 atom stereocenters. The Kier molecular flexibility index (Phi) is 3.35. The maximum atomic E-state index is 12.9. The first-order valence-electron chi connectivity index (χ1n) is 7.97. The lowest BCUT2D eigenvalue weighted by Gasteiger charge is -2.42. The van der Waals surface area contributed by atoms with Crippen LogP contribution in [0.2, 0.25) is 0 Å². The third-order valence-corrected chi connectivity index (χ3v) is 5.28. The average molecular weight is 316 g/mol. The molecule has 23 heavy (non-hydrogen) atoms. The second-order valence-corrected chi connectivity index (χ2v) is 6.41. The van der Waals surface area contributed by atoms with Gasteiger partial charge < -0.3 is 14.7 Å². The molecule has 2 fully saturated rings. The van der Waals surface area contributed by atoms with Gasteiger partial charge in [-0.15, -0.1) is 0 Å². The molecular weight excluding hydrogens is 296 g/mol. The van der Waals surface area contributed by atoms with Crippen LogP contribution in [0.15, 0.2) is 24.5 Å². The molecule has 7 heteroatoms. The van der Waals surface area contributed by atoms with Gasteiger partial charge in [-0.1, -0.05) is 0 Å². The summed E-state index contributed by atoms with van der Waals surface area (Å²) < 4.78 is 7.38. The van der Waals surface area contributed by atoms with Crippen molar-refractivity contribution in [1.29, 1.82) is 0 Å². The number of methoxy groups -OCH3 is 1. The quantitative estimate of drug-likeness (QED) is 0.889. The minimum atomic E-state index is -0.376. The summed E-state index contributed by atoms with van der Waals surface area (Å²) in [6.45, 7) is 0.630. The van der Waals surface area contributed by atoms with E-state index in [9.17, 15) is 9.90 Å². The molecule has 7 nitrogen and oxygen atoms in total. The number of ether oxygens (including phenoxy) is 1. The molecule has 0 aromatic carbocycles. The Bertz CT molecular complexity index is 713. The fourth-order valence-electron chi connectivity index (χ4n) is 4.00. The van der Waals surface area contributed by atoms with Gasteiger partial charge >= 0.3 is 0 Å². The molecule has 2 aromatic heterocycles. The lowest BCUT2D eigenvalue weighted by molar-refractivity contribution is -0.0824. The SMILES string of the molecule is CO[C@@]12CC[C@H](O)C[C@@H]1N(C(=O)c1cc3ncccn3n1)CC2. The predicted molar refractivity (Wildman–Crippen MR) is 82.0 cm³/mol. The van der Waals surface area contributed by atoms with E-state index in [1.165, 1.54) is 0 Å². The van der Waals surface area contributed by atoms with Crippen molar-refractivity contribution in [3.05, 3.63) is 30.2 Å². The first-order chi connectivity index (χ1) is 11.1. The Morgan fingerprint density at radius 3 is 3.13 bits per heavy atom. The largest absolute Gasteiger partial charge is 0.393 e. The summed E-state index contributed by atoms with van der Waals surface area (Å²) in [5.41, 5.74) is 0.708. The highest BCUT2D eigenvalue weighted by atomic mass is 16.5. The number of rotatable bonds is 2. The van der Waals surface area contributed by atoms with Crippen LogP contribution >= 0.6 is 0 Å². The molecule has 0 spiro atoms. The molecule has 1 N–H and O–H groups in total. The summed E-state index contributed by atoms with van der Waals surface area (Å²) in [4.78, 5) is 18.9. The molecule has 1 amide bonds. The van der Waals surface area contributed by atoms with Crippen LogP contribution in [-0.2, 0) is 4.74 Å². The molecule has 1 saturated heterocycles. The Labute approximate surface area is 133 Å². The number of aromatic nitrogens is 3. The summed E-state index contributed by atoms with van der Waals surface area (Å²) in [6, 6.07) is 3.38. The third-order valence-electron chi connectivity index (χ3n) is 5.28. The summed E-state index contributed by atoms with van der Waals surface area (Å²) in [5.74, 6) is -0.117. The van der Waals surface area contributed by atoms with Crippen LogP contribution in [0.4, 0.5) is 0 Å². The highest BCUT2D eigenvalue weighted by molar-refractivity contribution is 5.94. The van der Waals surface area contributed by atoms with Gasteiger partial charge in [0, 0.05) is 32.1 Å². The van der Waals surface area contributed by atoms with Gasteiger partial charge in [0.2, 0.25) is 0 Å². The standard InChI is InChI=1S/C16H20N4O3/c1-23-16-4-3-11(21)9-13(16)19(8-5-16)15(22)12-10-14-17-6-2-7-20(14)18-12/h2,6-7,10-11,13,21H,3-5,8-9H2,1H3/t11-,13-,16+/m0/s1. The van der Waals surface area contributed by atoms with Crippen LogP contribution in [0, 0.1) is 0 Å². The number of aliphatic hydroxyl groups excluding tert-OH is 1. The average Bonchev–Trinajstić information content (AvgIpc) is 3.16. The molecule has 0 bridgehead atoms. The zero-order valence-electron chi connectivity index (χ0n) is 13.1. The number of fused-ring (bicyclic) bond motifs is 2. The molecule has 2 aliphatic rings. The third kappa shape index (κ3) is 2.22. The lowest BCUT2D eigenvalue weighted by Crippen LogP contribution is -2.52. The van der Waals surface area contributed by atoms with Crippen molar-refractivity contribution in [2.45, 2.75) is 43.4 Å². The smallest absolute Gasteiger partial charge is 0.274 e. The number of nitrogens with zero attached hydrogens (tertiary/aromatic N) is 4. The van der Waals surface area contributed by atoms with Crippen molar-refractivity contribution >= 4 is 11.6 Å². The highest BCUT2D eigenvalue weighted by Crippen LogP contribution is 2.42. The molecule has 2 aromatic rings. The van der Waals surface area contributed by atoms with Gasteiger partial charge in [0.15, 0.2) is 11.3 Å². The first kappa shape index (κ1) is 14.6. The molecule has 3 heterocycles. The summed E-state index contributed by atoms with van der Waals surface area (Å²) in [5, 5.41) is 14.3. The van der Waals surface area contributed by atoms with E-state index in [0.29, 0.717) is 24.3 Å². The fraction of sp³-hybridized carbons (Fsp3) is 0.562. The van der Waals surface area contributed by atoms with Crippen LogP contribution in [0.1, 0.15) is 36.2 Å². The Morgan fingerprint density at radius 2 is 2.35 bits per heavy atom. The molecule has 4 rings (SSSR count). The minimum absolute atomic E-state index is 0.0958. The van der Waals surface area contributed by atoms with Crippen molar-refractivity contribution in [3.8, 4) is 0 Å². The van der Waals surface area contributed by atoms with Crippen molar-refractivity contribution in [2.75, 3.05) is 13.7 Å². The molecule has 0 unspecified atom stereocenters. The first-order valence-corrected chi connectivity index (χ1v) is 7.97. The van der Waals surface area contributed by atoms with E-state index >= 15 is 0 Å². The summed E-state index contributed by atoms with van der Waals surface area (Å²) >= 11 is 0. The van der Waals surface area contributed by atoms with E-state index in [-0.39, 0.29) is 23.7 Å². The molecule has 1 aliphatic carbocycles. The van der Waals surface area contributed by atoms with Gasteiger partial charge in [-0.05, 0) is 31.7 Å². The van der Waals surface area contributed by atoms with Gasteiger partial charge in [0.05, 0.1) is 17.7 Å². The van der Waals surface area contributed by atoms with Crippen molar-refractivity contribution in [1.82, 2.24) is 19.5 Å². The summed E-state index contributed by atoms with van der Waals surface area (Å²) in [6.07, 6.45) is 5.95. The van der Waals surface area contributed by atoms with Crippen LogP contribution in [0.5, 0.6) is 0 Å². The number of carbonyl (C=O) groups is 1. The number of hydrogen-bond acceptors (Lipinski definition) is 5. The van der Waals surface area contributed by atoms with Crippen molar-refractivity contribution in [2.24, 2.45) is 0 Å². The van der Waals surface area contributed by atoms with E-state index in [2.05, 4.69) is 10.1 Å². The maximum Gasteiger partial charge on any atom is 0.274 e. The minimum Gasteiger partial charge on any atom is -0.393 e. The maximum absolute atomic E-state index is 12.9. The lowest BCUT2D eigenvalue weighted by atomic mass is 9.79. The highest BCUT2D eigenvalue weighted by Gasteiger charge is 2.52. The molecule has 1 aliphatic heterocycles. The van der Waals surface area contributed by atoms with E-state index in [4.69, 9.17) is 4.74 Å². The summed E-state index contributed by atoms with van der Waals surface area (Å²) in [7, 11) is 1.70. The van der Waals surface area contributed by atoms with Gasteiger partial charge in [0.25, 0.3) is 5.91 Å². The second-order valence-electron chi connectivity index (χ2n) is 6.41. The molecule has 1 saturated carbocycles. The van der Waals surface area contributed by atoms with E-state index < -0.39 is 0 Å². The Balaban J connectivity index is 1.65. The van der Waals surface area contributed by atoms with Crippen LogP contribution < -0.4 is 0 Å². The van der Waals surface area contributed by atoms with Crippen molar-refractivity contribution < 1.29 is 14.6 Å². The van der Waals surface area contributed by atoms with Gasteiger partial charge in [-0.25, -0.2) is 9.50 Å². The van der Waals surface area contributed by atoms with Crippen molar-refractivity contribution in [3.63, 3.8) is 0 Å². The zero-order valence-corrected chi connectivity index (χ0v) is 13.1. The fourth-order valence-corrected chi connectivity index (χ4v) is 4.00. The van der Waals surface area contributed by atoms with Crippen LogP contribution in [0.25, 0.3) is 5.65 Å². The molecular formula is C16H20N4O3. The second kappa shape index (κ2) is 5.28. The van der Waals surface area contributed by atoms with E-state index in [1.54, 1.807) is 36.2 Å². The molecule has 122 valence electrons. The number of amides is 1. The predicted octanol–water partition coefficient (Wildman–Crippen LogP) is 0.874. The van der Waals surface area contributed by atoms with Gasteiger partial charge in [0.1, 0.15) is 0 Å². The Hall–Kier alpha value is -1.99. The normalized spacial score (nSPS) is 30.6. The molecule has 0 radical (unpaired) electrons. The van der Waals surface area contributed by atoms with Crippen LogP contribution in [0.3, 0.4) is 0 Å². The van der Waals surface area contributed by atoms with E-state index in [0.717, 1.165) is 19.3 Å². The number of likely N-dealkylation sites (tertiary alicyclic amines) is 1. The van der Waals surface area contributed by atoms with E-state index in [1.807, 2.05) is 4.90 Å². The van der Waals surface area contributed by atoms with Crippen LogP contribution in [-0.4, -0.2) is 61.9 Å².